The van der Waals surface area contributed by atoms with Crippen LogP contribution in [0, 0.1) is 0 Å². The highest BCUT2D eigenvalue weighted by molar-refractivity contribution is 5.93. The molecule has 134 valence electrons. The fourth-order valence-electron chi connectivity index (χ4n) is 3.24. The minimum atomic E-state index is -0.406. The van der Waals surface area contributed by atoms with E-state index < -0.39 is 5.63 Å². The van der Waals surface area contributed by atoms with Crippen LogP contribution in [0.15, 0.2) is 94.4 Å². The first-order chi connectivity index (χ1) is 13.8. The molecule has 2 aromatic heterocycles. The molecule has 0 bridgehead atoms. The monoisotopic (exact) mass is 366 g/mol. The number of hydrogen-bond donors (Lipinski definition) is 0. The molecule has 28 heavy (non-hydrogen) atoms. The van der Waals surface area contributed by atoms with Gasteiger partial charge in [-0.05, 0) is 35.4 Å². The summed E-state index contributed by atoms with van der Waals surface area (Å²) < 4.78 is 11.4. The van der Waals surface area contributed by atoms with E-state index in [4.69, 9.17) is 9.15 Å². The third-order valence-corrected chi connectivity index (χ3v) is 4.52. The Labute approximate surface area is 159 Å². The van der Waals surface area contributed by atoms with Gasteiger partial charge in [-0.1, -0.05) is 42.5 Å². The van der Waals surface area contributed by atoms with E-state index in [1.54, 1.807) is 6.07 Å². The molecule has 0 radical (unpaired) electrons. The molecule has 5 rings (SSSR count). The lowest BCUT2D eigenvalue weighted by molar-refractivity contribution is 0.466. The van der Waals surface area contributed by atoms with Gasteiger partial charge in [-0.15, -0.1) is 0 Å². The van der Waals surface area contributed by atoms with Crippen LogP contribution < -0.4 is 10.4 Å². The van der Waals surface area contributed by atoms with Gasteiger partial charge in [-0.3, -0.25) is 0 Å². The minimum absolute atomic E-state index is 0.406. The fraction of sp³-hybridized carbons (Fsp3) is 0. The number of rotatable bonds is 3. The summed E-state index contributed by atoms with van der Waals surface area (Å²) in [7, 11) is 0. The van der Waals surface area contributed by atoms with Gasteiger partial charge in [0.25, 0.3) is 0 Å². The number of nitrogens with zero attached hydrogens (tertiary/aromatic N) is 2. The summed E-state index contributed by atoms with van der Waals surface area (Å²) in [6.45, 7) is 0. The molecule has 0 saturated heterocycles. The molecule has 5 aromatic rings. The second-order valence-corrected chi connectivity index (χ2v) is 6.30. The van der Waals surface area contributed by atoms with E-state index in [-0.39, 0.29) is 0 Å². The van der Waals surface area contributed by atoms with Crippen molar-refractivity contribution < 1.29 is 9.15 Å². The molecule has 0 unspecified atom stereocenters. The van der Waals surface area contributed by atoms with Crippen molar-refractivity contribution in [3.05, 3.63) is 95.6 Å². The Kier molecular flexibility index (Phi) is 3.84. The molecular formula is C23H14N2O3. The van der Waals surface area contributed by atoms with E-state index in [1.807, 2.05) is 66.7 Å². The topological polar surface area (TPSA) is 65.2 Å². The van der Waals surface area contributed by atoms with E-state index in [0.29, 0.717) is 17.2 Å². The van der Waals surface area contributed by atoms with Crippen molar-refractivity contribution in [2.75, 3.05) is 0 Å². The first-order valence-electron chi connectivity index (χ1n) is 8.79. The lowest BCUT2D eigenvalue weighted by Gasteiger charge is -2.09. The first-order valence-corrected chi connectivity index (χ1v) is 8.79. The molecule has 0 atom stereocenters. The third kappa shape index (κ3) is 2.89. The van der Waals surface area contributed by atoms with Gasteiger partial charge in [-0.2, -0.15) is 0 Å². The summed E-state index contributed by atoms with van der Waals surface area (Å²) in [6, 6.07) is 24.3. The molecule has 0 saturated carbocycles. The van der Waals surface area contributed by atoms with Crippen LogP contribution in [-0.2, 0) is 0 Å². The summed E-state index contributed by atoms with van der Waals surface area (Å²) in [5.74, 6) is 0.983. The Morgan fingerprint density at radius 3 is 2.50 bits per heavy atom. The van der Waals surface area contributed by atoms with Crippen molar-refractivity contribution in [2.45, 2.75) is 0 Å². The summed E-state index contributed by atoms with van der Waals surface area (Å²) >= 11 is 0. The van der Waals surface area contributed by atoms with Gasteiger partial charge < -0.3 is 9.15 Å². The van der Waals surface area contributed by atoms with Crippen molar-refractivity contribution in [1.82, 2.24) is 9.97 Å². The van der Waals surface area contributed by atoms with E-state index in [1.165, 1.54) is 12.4 Å². The third-order valence-electron chi connectivity index (χ3n) is 4.52. The van der Waals surface area contributed by atoms with Crippen molar-refractivity contribution in [1.29, 1.82) is 0 Å². The highest BCUT2D eigenvalue weighted by Crippen LogP contribution is 2.32. The molecule has 2 heterocycles. The zero-order valence-corrected chi connectivity index (χ0v) is 14.7. The van der Waals surface area contributed by atoms with Crippen LogP contribution >= 0.6 is 0 Å². The van der Waals surface area contributed by atoms with Gasteiger partial charge in [0.05, 0.1) is 10.9 Å². The summed E-state index contributed by atoms with van der Waals surface area (Å²) in [4.78, 5) is 20.6. The standard InChI is InChI=1S/C23H14N2O3/c26-22-13-19(15-6-2-1-3-7-15)17-11-10-16(12-21(17)28-22)27-23-18-8-4-5-9-20(18)24-14-25-23/h1-14H. The van der Waals surface area contributed by atoms with Gasteiger partial charge in [0, 0.05) is 17.5 Å². The average molecular weight is 366 g/mol. The zero-order valence-electron chi connectivity index (χ0n) is 14.7. The molecule has 0 aliphatic carbocycles. The predicted molar refractivity (Wildman–Crippen MR) is 108 cm³/mol. The van der Waals surface area contributed by atoms with Crippen LogP contribution in [-0.4, -0.2) is 9.97 Å². The van der Waals surface area contributed by atoms with Crippen LogP contribution in [0.1, 0.15) is 0 Å². The lowest BCUT2D eigenvalue weighted by atomic mass is 10.0. The van der Waals surface area contributed by atoms with Crippen molar-refractivity contribution in [2.24, 2.45) is 0 Å². The van der Waals surface area contributed by atoms with Crippen LogP contribution in [0.2, 0.25) is 0 Å². The largest absolute Gasteiger partial charge is 0.438 e. The van der Waals surface area contributed by atoms with E-state index in [9.17, 15) is 4.79 Å². The highest BCUT2D eigenvalue weighted by atomic mass is 16.5. The molecule has 0 spiro atoms. The molecular weight excluding hydrogens is 352 g/mol. The SMILES string of the molecule is O=c1cc(-c2ccccc2)c2ccc(Oc3ncnc4ccccc34)cc2o1. The Morgan fingerprint density at radius 1 is 0.786 bits per heavy atom. The Balaban J connectivity index is 1.62. The van der Waals surface area contributed by atoms with Crippen LogP contribution in [0.5, 0.6) is 11.6 Å². The average Bonchev–Trinajstić information content (AvgIpc) is 2.74. The van der Waals surface area contributed by atoms with Gasteiger partial charge in [0.1, 0.15) is 17.7 Å². The molecule has 0 N–H and O–H groups in total. The maximum Gasteiger partial charge on any atom is 0.336 e. The minimum Gasteiger partial charge on any atom is -0.438 e. The normalized spacial score (nSPS) is 11.0. The van der Waals surface area contributed by atoms with Crippen molar-refractivity contribution >= 4 is 21.9 Å². The van der Waals surface area contributed by atoms with Crippen LogP contribution in [0.3, 0.4) is 0 Å². The summed E-state index contributed by atoms with van der Waals surface area (Å²) in [5.41, 5.74) is 2.63. The predicted octanol–water partition coefficient (Wildman–Crippen LogP) is 5.20. The van der Waals surface area contributed by atoms with Crippen LogP contribution in [0.4, 0.5) is 0 Å². The van der Waals surface area contributed by atoms with Gasteiger partial charge in [-0.25, -0.2) is 14.8 Å². The quantitative estimate of drug-likeness (QED) is 0.411. The molecule has 5 nitrogen and oxygen atoms in total. The molecule has 0 amide bonds. The van der Waals surface area contributed by atoms with Gasteiger partial charge in [0.15, 0.2) is 0 Å². The van der Waals surface area contributed by atoms with E-state index in [2.05, 4.69) is 9.97 Å². The zero-order chi connectivity index (χ0) is 18.9. The second kappa shape index (κ2) is 6.63. The molecule has 5 heteroatoms. The summed E-state index contributed by atoms with van der Waals surface area (Å²) in [5, 5.41) is 1.65. The Morgan fingerprint density at radius 2 is 1.61 bits per heavy atom. The maximum atomic E-state index is 12.1. The van der Waals surface area contributed by atoms with Gasteiger partial charge in [0.2, 0.25) is 5.88 Å². The molecule has 3 aromatic carbocycles. The number of fused-ring (bicyclic) bond motifs is 2. The number of para-hydroxylation sites is 1. The van der Waals surface area contributed by atoms with Crippen LogP contribution in [0.25, 0.3) is 33.0 Å². The number of aromatic nitrogens is 2. The highest BCUT2D eigenvalue weighted by Gasteiger charge is 2.11. The number of hydrogen-bond acceptors (Lipinski definition) is 5. The van der Waals surface area contributed by atoms with Crippen molar-refractivity contribution in [3.63, 3.8) is 0 Å². The van der Waals surface area contributed by atoms with Crippen molar-refractivity contribution in [3.8, 4) is 22.8 Å². The summed E-state index contributed by atoms with van der Waals surface area (Å²) in [6.07, 6.45) is 1.46. The lowest BCUT2D eigenvalue weighted by Crippen LogP contribution is -1.98. The number of benzene rings is 3. The Bertz CT molecular complexity index is 1360. The first kappa shape index (κ1) is 16.2. The second-order valence-electron chi connectivity index (χ2n) is 6.30. The molecule has 0 fully saturated rings. The number of ether oxygens (including phenoxy) is 1. The maximum absolute atomic E-state index is 12.1. The smallest absolute Gasteiger partial charge is 0.336 e. The fourth-order valence-corrected chi connectivity index (χ4v) is 3.24. The molecule has 0 aliphatic heterocycles. The van der Waals surface area contributed by atoms with Gasteiger partial charge >= 0.3 is 5.63 Å². The van der Waals surface area contributed by atoms with E-state index >= 15 is 0 Å². The molecule has 0 aliphatic rings. The van der Waals surface area contributed by atoms with E-state index in [0.717, 1.165) is 27.4 Å². The Hall–Kier alpha value is -3.99.